The van der Waals surface area contributed by atoms with Gasteiger partial charge in [-0.3, -0.25) is 4.90 Å². The van der Waals surface area contributed by atoms with Crippen molar-refractivity contribution in [2.24, 2.45) is 0 Å². The van der Waals surface area contributed by atoms with Gasteiger partial charge in [-0.1, -0.05) is 12.1 Å². The normalized spacial score (nSPS) is 18.9. The molecule has 186 valence electrons. The van der Waals surface area contributed by atoms with Gasteiger partial charge in [-0.15, -0.1) is 11.3 Å². The third-order valence-electron chi connectivity index (χ3n) is 6.27. The molecule has 9 heteroatoms. The summed E-state index contributed by atoms with van der Waals surface area (Å²) < 4.78 is 40.3. The number of rotatable bonds is 4. The summed E-state index contributed by atoms with van der Waals surface area (Å²) in [4.78, 5) is 20.5. The summed E-state index contributed by atoms with van der Waals surface area (Å²) in [6.45, 7) is 10.1. The minimum Gasteiger partial charge on any atom is -0.308 e. The van der Waals surface area contributed by atoms with Gasteiger partial charge in [-0.05, 0) is 64.8 Å². The van der Waals surface area contributed by atoms with Crippen LogP contribution in [0.4, 0.5) is 29.3 Å². The molecular weight excluding hydrogens is 473 g/mol. The molecular formula is C26H29F3N4OS. The molecule has 1 fully saturated rings. The molecule has 2 aromatic carbocycles. The van der Waals surface area contributed by atoms with Crippen molar-refractivity contribution in [1.82, 2.24) is 9.88 Å². The first-order valence-electron chi connectivity index (χ1n) is 11.6. The van der Waals surface area contributed by atoms with Gasteiger partial charge in [-0.25, -0.2) is 22.9 Å². The summed E-state index contributed by atoms with van der Waals surface area (Å²) in [5, 5.41) is 5.92. The summed E-state index contributed by atoms with van der Waals surface area (Å²) in [5.74, 6) is -3.21. The maximum absolute atomic E-state index is 13.8. The smallest absolute Gasteiger partial charge is 0.308 e. The Bertz CT molecular complexity index is 1220. The predicted octanol–water partition coefficient (Wildman–Crippen LogP) is 7.24. The number of hydrogen-bond donors (Lipinski definition) is 2. The second-order valence-electron chi connectivity index (χ2n) is 9.90. The van der Waals surface area contributed by atoms with E-state index >= 15 is 0 Å². The summed E-state index contributed by atoms with van der Waals surface area (Å²) in [7, 11) is 0. The number of thiazole rings is 1. The first-order valence-corrected chi connectivity index (χ1v) is 12.4. The van der Waals surface area contributed by atoms with Crippen molar-refractivity contribution >= 4 is 28.7 Å². The van der Waals surface area contributed by atoms with Crippen molar-refractivity contribution in [3.8, 4) is 10.4 Å². The lowest BCUT2D eigenvalue weighted by Gasteiger charge is -2.45. The first kappa shape index (κ1) is 25.2. The maximum atomic E-state index is 13.8. The number of urea groups is 1. The van der Waals surface area contributed by atoms with Crippen molar-refractivity contribution in [2.75, 3.05) is 17.2 Å². The number of carbonyl (C=O) groups is 1. The molecule has 2 atom stereocenters. The van der Waals surface area contributed by atoms with Gasteiger partial charge in [0.1, 0.15) is 5.82 Å². The minimum absolute atomic E-state index is 0.148. The average Bonchev–Trinajstić information content (AvgIpc) is 3.27. The van der Waals surface area contributed by atoms with Crippen molar-refractivity contribution in [2.45, 2.75) is 58.0 Å². The molecule has 1 aliphatic rings. The van der Waals surface area contributed by atoms with Gasteiger partial charge in [-0.2, -0.15) is 0 Å². The minimum atomic E-state index is -1.32. The number of likely N-dealkylation sites (tertiary alicyclic amines) is 1. The zero-order valence-electron chi connectivity index (χ0n) is 20.2. The third-order valence-corrected chi connectivity index (χ3v) is 7.48. The highest BCUT2D eigenvalue weighted by molar-refractivity contribution is 7.15. The highest BCUT2D eigenvalue weighted by Crippen LogP contribution is 2.39. The van der Waals surface area contributed by atoms with Crippen molar-refractivity contribution < 1.29 is 18.0 Å². The first-order chi connectivity index (χ1) is 16.5. The van der Waals surface area contributed by atoms with E-state index in [1.807, 2.05) is 12.3 Å². The van der Waals surface area contributed by atoms with Gasteiger partial charge in [0.2, 0.25) is 0 Å². The van der Waals surface area contributed by atoms with Crippen LogP contribution in [0.5, 0.6) is 0 Å². The van der Waals surface area contributed by atoms with Crippen LogP contribution in [0.1, 0.15) is 51.5 Å². The lowest BCUT2D eigenvalue weighted by Crippen LogP contribution is -2.50. The van der Waals surface area contributed by atoms with Gasteiger partial charge in [0.15, 0.2) is 11.6 Å². The van der Waals surface area contributed by atoms with Gasteiger partial charge < -0.3 is 10.6 Å². The Balaban J connectivity index is 1.43. The number of piperidine rings is 1. The maximum Gasteiger partial charge on any atom is 0.323 e. The summed E-state index contributed by atoms with van der Waals surface area (Å²) >= 11 is 1.65. The molecule has 0 radical (unpaired) electrons. The molecule has 2 amide bonds. The van der Waals surface area contributed by atoms with E-state index in [1.165, 1.54) is 0 Å². The molecule has 35 heavy (non-hydrogen) atoms. The van der Waals surface area contributed by atoms with E-state index in [0.717, 1.165) is 34.8 Å². The number of anilines is 2. The molecule has 4 rings (SSSR count). The molecule has 1 saturated heterocycles. The Hall–Kier alpha value is -2.91. The zero-order chi connectivity index (χ0) is 25.3. The SMILES string of the molecule is CC1CC(c2ncc(-c3cccc(NC(=O)Nc4cc(F)c(F)cc4F)c3)s2)CCN1C(C)(C)C. The molecule has 2 N–H and O–H groups in total. The number of aromatic nitrogens is 1. The summed E-state index contributed by atoms with van der Waals surface area (Å²) in [5.41, 5.74) is 1.07. The summed E-state index contributed by atoms with van der Waals surface area (Å²) in [6.07, 6.45) is 3.99. The highest BCUT2D eigenvalue weighted by Gasteiger charge is 2.33. The Kier molecular flexibility index (Phi) is 7.19. The number of nitrogens with one attached hydrogen (secondary N) is 2. The number of carbonyl (C=O) groups excluding carboxylic acids is 1. The molecule has 1 aliphatic heterocycles. The van der Waals surface area contributed by atoms with E-state index in [0.29, 0.717) is 29.8 Å². The number of amides is 2. The fourth-order valence-electron chi connectivity index (χ4n) is 4.66. The standard InChI is InChI=1S/C26H29F3N4OS/c1-15-10-17(8-9-33(15)26(2,3)4)24-30-14-23(35-24)16-6-5-7-18(11-16)31-25(34)32-22-13-20(28)19(27)12-21(22)29/h5-7,11-15,17H,8-10H2,1-4H3,(H2,31,32,34). The van der Waals surface area contributed by atoms with Crippen LogP contribution >= 0.6 is 11.3 Å². The lowest BCUT2D eigenvalue weighted by atomic mass is 9.88. The topological polar surface area (TPSA) is 57.3 Å². The molecule has 5 nitrogen and oxygen atoms in total. The van der Waals surface area contributed by atoms with Crippen LogP contribution in [0, 0.1) is 17.5 Å². The number of halogens is 3. The summed E-state index contributed by atoms with van der Waals surface area (Å²) in [6, 6.07) is 7.92. The monoisotopic (exact) mass is 502 g/mol. The Morgan fingerprint density at radius 3 is 2.54 bits per heavy atom. The van der Waals surface area contributed by atoms with Crippen LogP contribution < -0.4 is 10.6 Å². The van der Waals surface area contributed by atoms with Crippen LogP contribution in [0.15, 0.2) is 42.6 Å². The average molecular weight is 503 g/mol. The second-order valence-corrected chi connectivity index (χ2v) is 11.0. The van der Waals surface area contributed by atoms with Gasteiger partial charge in [0, 0.05) is 41.5 Å². The van der Waals surface area contributed by atoms with Crippen LogP contribution in [0.2, 0.25) is 0 Å². The molecule has 3 aromatic rings. The van der Waals surface area contributed by atoms with Gasteiger partial charge in [0.25, 0.3) is 0 Å². The number of hydrogen-bond acceptors (Lipinski definition) is 4. The Morgan fingerprint density at radius 1 is 1.09 bits per heavy atom. The molecule has 0 bridgehead atoms. The number of benzene rings is 2. The van der Waals surface area contributed by atoms with Crippen LogP contribution in [-0.2, 0) is 0 Å². The largest absolute Gasteiger partial charge is 0.323 e. The molecule has 2 heterocycles. The molecule has 2 unspecified atom stereocenters. The predicted molar refractivity (Wildman–Crippen MR) is 134 cm³/mol. The lowest BCUT2D eigenvalue weighted by molar-refractivity contribution is 0.0527. The fourth-order valence-corrected chi connectivity index (χ4v) is 5.72. The third kappa shape index (κ3) is 5.85. The van der Waals surface area contributed by atoms with Gasteiger partial charge >= 0.3 is 6.03 Å². The van der Waals surface area contributed by atoms with E-state index in [1.54, 1.807) is 29.5 Å². The highest BCUT2D eigenvalue weighted by atomic mass is 32.1. The van der Waals surface area contributed by atoms with Gasteiger partial charge in [0.05, 0.1) is 15.6 Å². The van der Waals surface area contributed by atoms with Crippen LogP contribution in [0.25, 0.3) is 10.4 Å². The molecule has 0 saturated carbocycles. The Morgan fingerprint density at radius 2 is 1.83 bits per heavy atom. The molecule has 0 aliphatic carbocycles. The van der Waals surface area contributed by atoms with Crippen LogP contribution in [-0.4, -0.2) is 34.0 Å². The quantitative estimate of drug-likeness (QED) is 0.370. The van der Waals surface area contributed by atoms with Crippen molar-refractivity contribution in [3.63, 3.8) is 0 Å². The fraction of sp³-hybridized carbons (Fsp3) is 0.385. The second kappa shape index (κ2) is 9.99. The van der Waals surface area contributed by atoms with E-state index < -0.39 is 29.2 Å². The van der Waals surface area contributed by atoms with Crippen molar-refractivity contribution in [3.05, 3.63) is 65.1 Å². The van der Waals surface area contributed by atoms with Crippen LogP contribution in [0.3, 0.4) is 0 Å². The van der Waals surface area contributed by atoms with Crippen molar-refractivity contribution in [1.29, 1.82) is 0 Å². The number of nitrogens with zero attached hydrogens (tertiary/aromatic N) is 2. The van der Waals surface area contributed by atoms with E-state index in [-0.39, 0.29) is 5.54 Å². The molecule has 1 aromatic heterocycles. The van der Waals surface area contributed by atoms with E-state index in [4.69, 9.17) is 4.98 Å². The van der Waals surface area contributed by atoms with E-state index in [2.05, 4.69) is 43.2 Å². The zero-order valence-corrected chi connectivity index (χ0v) is 21.0. The Labute approximate surface area is 207 Å². The van der Waals surface area contributed by atoms with E-state index in [9.17, 15) is 18.0 Å². The molecule has 0 spiro atoms.